The molecule has 2 nitrogen and oxygen atoms in total. The Bertz CT molecular complexity index is 530. The maximum atomic E-state index is 10.6. The maximum absolute atomic E-state index is 10.6. The highest BCUT2D eigenvalue weighted by molar-refractivity contribution is 9.10. The van der Waals surface area contributed by atoms with Crippen LogP contribution in [0.2, 0.25) is 0 Å². The number of aryl methyl sites for hydroxylation is 1. The zero-order valence-corrected chi connectivity index (χ0v) is 11.0. The molecule has 1 atom stereocenters. The van der Waals surface area contributed by atoms with Crippen LogP contribution in [-0.2, 0) is 11.8 Å². The predicted molar refractivity (Wildman–Crippen MR) is 69.7 cm³/mol. The number of benzene rings is 1. The normalized spacial score (nSPS) is 12.9. The summed E-state index contributed by atoms with van der Waals surface area (Å²) < 4.78 is 3.19. The number of halogens is 1. The summed E-state index contributed by atoms with van der Waals surface area (Å²) in [6.45, 7) is 2.09. The minimum Gasteiger partial charge on any atom is -0.349 e. The third-order valence-electron chi connectivity index (χ3n) is 2.98. The second kappa shape index (κ2) is 4.42. The fourth-order valence-corrected chi connectivity index (χ4v) is 2.84. The van der Waals surface area contributed by atoms with Crippen molar-refractivity contribution in [3.63, 3.8) is 0 Å². The Morgan fingerprint density at radius 1 is 1.50 bits per heavy atom. The molecule has 0 aliphatic rings. The topological polar surface area (TPSA) is 22.0 Å². The number of nitrogens with zero attached hydrogens (tertiary/aromatic N) is 1. The lowest BCUT2D eigenvalue weighted by molar-refractivity contribution is -0.108. The van der Waals surface area contributed by atoms with Gasteiger partial charge in [-0.05, 0) is 33.5 Å². The molecule has 0 saturated carbocycles. The van der Waals surface area contributed by atoms with Crippen LogP contribution >= 0.6 is 15.9 Å². The van der Waals surface area contributed by atoms with Crippen LogP contribution in [0.1, 0.15) is 24.8 Å². The molecule has 0 aliphatic heterocycles. The van der Waals surface area contributed by atoms with E-state index in [1.807, 2.05) is 13.1 Å². The van der Waals surface area contributed by atoms with E-state index in [1.165, 1.54) is 16.5 Å². The van der Waals surface area contributed by atoms with Gasteiger partial charge in [-0.1, -0.05) is 19.1 Å². The smallest absolute Gasteiger partial charge is 0.120 e. The van der Waals surface area contributed by atoms with Crippen LogP contribution in [0.4, 0.5) is 0 Å². The highest BCUT2D eigenvalue weighted by atomic mass is 79.9. The van der Waals surface area contributed by atoms with E-state index in [0.29, 0.717) is 6.42 Å². The molecule has 0 bridgehead atoms. The third-order valence-corrected chi connectivity index (χ3v) is 3.58. The first-order valence-electron chi connectivity index (χ1n) is 5.32. The van der Waals surface area contributed by atoms with Crippen LogP contribution < -0.4 is 0 Å². The number of rotatable bonds is 3. The molecule has 0 radical (unpaired) electrons. The van der Waals surface area contributed by atoms with Gasteiger partial charge in [-0.25, -0.2) is 0 Å². The lowest BCUT2D eigenvalue weighted by Gasteiger charge is -2.10. The first-order valence-corrected chi connectivity index (χ1v) is 6.11. The van der Waals surface area contributed by atoms with Gasteiger partial charge in [0, 0.05) is 35.0 Å². The van der Waals surface area contributed by atoms with Crippen LogP contribution in [0.25, 0.3) is 10.9 Å². The first-order chi connectivity index (χ1) is 7.65. The van der Waals surface area contributed by atoms with Crippen molar-refractivity contribution in [2.45, 2.75) is 19.3 Å². The molecule has 0 spiro atoms. The minimum absolute atomic E-state index is 0.264. The molecule has 84 valence electrons. The summed E-state index contributed by atoms with van der Waals surface area (Å²) in [6.07, 6.45) is 3.61. The summed E-state index contributed by atoms with van der Waals surface area (Å²) in [6, 6.07) is 6.24. The molecule has 1 aromatic carbocycles. The van der Waals surface area contributed by atoms with Crippen molar-refractivity contribution >= 4 is 33.1 Å². The number of aldehydes is 1. The molecule has 1 aromatic heterocycles. The fourth-order valence-electron chi connectivity index (χ4n) is 2.10. The number of carbonyl (C=O) groups is 1. The van der Waals surface area contributed by atoms with Crippen molar-refractivity contribution in [3.8, 4) is 0 Å². The molecule has 16 heavy (non-hydrogen) atoms. The molecule has 0 N–H and O–H groups in total. The molecule has 0 fully saturated rings. The zero-order chi connectivity index (χ0) is 11.7. The van der Waals surface area contributed by atoms with Crippen molar-refractivity contribution in [2.24, 2.45) is 7.05 Å². The SMILES string of the molecule is CC(CC=O)c1cccc2c1c(Br)cn2C. The zero-order valence-electron chi connectivity index (χ0n) is 9.40. The Kier molecular flexibility index (Phi) is 3.15. The average Bonchev–Trinajstić information content (AvgIpc) is 2.55. The van der Waals surface area contributed by atoms with Gasteiger partial charge in [-0.3, -0.25) is 0 Å². The summed E-state index contributed by atoms with van der Waals surface area (Å²) in [7, 11) is 2.03. The van der Waals surface area contributed by atoms with E-state index in [1.54, 1.807) is 0 Å². The number of hydrogen-bond acceptors (Lipinski definition) is 1. The van der Waals surface area contributed by atoms with E-state index >= 15 is 0 Å². The Morgan fingerprint density at radius 2 is 2.25 bits per heavy atom. The van der Waals surface area contributed by atoms with Crippen LogP contribution in [0.5, 0.6) is 0 Å². The monoisotopic (exact) mass is 279 g/mol. The van der Waals surface area contributed by atoms with Gasteiger partial charge in [-0.15, -0.1) is 0 Å². The second-order valence-electron chi connectivity index (χ2n) is 4.13. The standard InChI is InChI=1S/C13H14BrNO/c1-9(6-7-16)10-4-3-5-12-13(10)11(14)8-15(12)2/h3-5,7-9H,6H2,1-2H3. The van der Waals surface area contributed by atoms with Crippen LogP contribution in [-0.4, -0.2) is 10.9 Å². The molecule has 3 heteroatoms. The number of carbonyl (C=O) groups excluding carboxylic acids is 1. The van der Waals surface area contributed by atoms with E-state index < -0.39 is 0 Å². The molecule has 0 amide bonds. The van der Waals surface area contributed by atoms with E-state index in [-0.39, 0.29) is 5.92 Å². The highest BCUT2D eigenvalue weighted by Crippen LogP contribution is 2.33. The largest absolute Gasteiger partial charge is 0.349 e. The van der Waals surface area contributed by atoms with Gasteiger partial charge in [0.2, 0.25) is 0 Å². The Labute approximate surface area is 103 Å². The number of fused-ring (bicyclic) bond motifs is 1. The minimum atomic E-state index is 0.264. The van der Waals surface area contributed by atoms with Gasteiger partial charge >= 0.3 is 0 Å². The maximum Gasteiger partial charge on any atom is 0.120 e. The molecule has 2 rings (SSSR count). The third kappa shape index (κ3) is 1.80. The highest BCUT2D eigenvalue weighted by Gasteiger charge is 2.13. The van der Waals surface area contributed by atoms with Crippen molar-refractivity contribution in [2.75, 3.05) is 0 Å². The van der Waals surface area contributed by atoms with Gasteiger partial charge in [0.15, 0.2) is 0 Å². The van der Waals surface area contributed by atoms with Gasteiger partial charge in [0.1, 0.15) is 6.29 Å². The molecule has 0 saturated heterocycles. The summed E-state index contributed by atoms with van der Waals surface area (Å²) in [5.74, 6) is 0.264. The number of hydrogen-bond donors (Lipinski definition) is 0. The Hall–Kier alpha value is -1.09. The van der Waals surface area contributed by atoms with Crippen molar-refractivity contribution in [1.82, 2.24) is 4.57 Å². The lowest BCUT2D eigenvalue weighted by atomic mass is 9.95. The van der Waals surface area contributed by atoms with E-state index in [9.17, 15) is 4.79 Å². The molecule has 1 unspecified atom stereocenters. The van der Waals surface area contributed by atoms with E-state index in [0.717, 1.165) is 10.8 Å². The molecular weight excluding hydrogens is 266 g/mol. The fraction of sp³-hybridized carbons (Fsp3) is 0.308. The van der Waals surface area contributed by atoms with Crippen LogP contribution in [0, 0.1) is 0 Å². The molecule has 2 aromatic rings. The van der Waals surface area contributed by atoms with Crippen LogP contribution in [0.15, 0.2) is 28.9 Å². The van der Waals surface area contributed by atoms with Crippen molar-refractivity contribution in [3.05, 3.63) is 34.4 Å². The quantitative estimate of drug-likeness (QED) is 0.787. The molecular formula is C13H14BrNO. The van der Waals surface area contributed by atoms with Gasteiger partial charge in [0.05, 0.1) is 0 Å². The van der Waals surface area contributed by atoms with E-state index in [2.05, 4.69) is 45.8 Å². The summed E-state index contributed by atoms with van der Waals surface area (Å²) in [4.78, 5) is 10.6. The Morgan fingerprint density at radius 3 is 2.94 bits per heavy atom. The Balaban J connectivity index is 2.65. The summed E-state index contributed by atoms with van der Waals surface area (Å²) >= 11 is 3.58. The van der Waals surface area contributed by atoms with Crippen molar-refractivity contribution in [1.29, 1.82) is 0 Å². The second-order valence-corrected chi connectivity index (χ2v) is 4.99. The van der Waals surface area contributed by atoms with Crippen LogP contribution in [0.3, 0.4) is 0 Å². The van der Waals surface area contributed by atoms with Crippen molar-refractivity contribution < 1.29 is 4.79 Å². The number of aromatic nitrogens is 1. The average molecular weight is 280 g/mol. The lowest BCUT2D eigenvalue weighted by Crippen LogP contribution is -1.95. The predicted octanol–water partition coefficient (Wildman–Crippen LogP) is 3.63. The molecule has 0 aliphatic carbocycles. The van der Waals surface area contributed by atoms with Gasteiger partial charge in [0.25, 0.3) is 0 Å². The first kappa shape index (κ1) is 11.4. The van der Waals surface area contributed by atoms with Gasteiger partial charge < -0.3 is 9.36 Å². The summed E-state index contributed by atoms with van der Waals surface area (Å²) in [5.41, 5.74) is 2.43. The van der Waals surface area contributed by atoms with E-state index in [4.69, 9.17) is 0 Å². The molecule has 1 heterocycles. The van der Waals surface area contributed by atoms with Gasteiger partial charge in [-0.2, -0.15) is 0 Å². The summed E-state index contributed by atoms with van der Waals surface area (Å²) in [5, 5.41) is 1.22.